The van der Waals surface area contributed by atoms with Gasteiger partial charge in [0.1, 0.15) is 0 Å². The van der Waals surface area contributed by atoms with E-state index in [-0.39, 0.29) is 5.91 Å². The average molecular weight is 401 g/mol. The molecule has 3 aromatic rings. The molecule has 0 radical (unpaired) electrons. The highest BCUT2D eigenvalue weighted by Crippen LogP contribution is 2.35. The minimum absolute atomic E-state index is 0.127. The summed E-state index contributed by atoms with van der Waals surface area (Å²) in [4.78, 5) is 24.0. The van der Waals surface area contributed by atoms with Gasteiger partial charge in [-0.2, -0.15) is 0 Å². The Kier molecular flexibility index (Phi) is 6.19. The van der Waals surface area contributed by atoms with Gasteiger partial charge in [-0.25, -0.2) is 0 Å². The first-order valence-electron chi connectivity index (χ1n) is 10.5. The molecular weight excluding hydrogens is 372 g/mol. The van der Waals surface area contributed by atoms with E-state index in [1.54, 1.807) is 7.05 Å². The molecule has 3 heterocycles. The van der Waals surface area contributed by atoms with Crippen LogP contribution in [0, 0.1) is 5.41 Å². The van der Waals surface area contributed by atoms with E-state index in [1.165, 1.54) is 5.56 Å². The molecule has 0 unspecified atom stereocenters. The highest BCUT2D eigenvalue weighted by molar-refractivity contribution is 5.83. The lowest BCUT2D eigenvalue weighted by Crippen LogP contribution is -2.52. The number of nitrogens with zero attached hydrogens (tertiary/aromatic N) is 3. The van der Waals surface area contributed by atoms with Crippen molar-refractivity contribution in [1.82, 2.24) is 20.2 Å². The molecule has 1 amide bonds. The minimum Gasteiger partial charge on any atom is -0.359 e. The SMILES string of the molecule is CNC(=O)[C@]1(Cc2cccc(-c3ccncc3)c2)CCCN(Cc2ccccn2)C1. The third-order valence-electron chi connectivity index (χ3n) is 5.96. The van der Waals surface area contributed by atoms with E-state index in [0.717, 1.165) is 55.7 Å². The fourth-order valence-electron chi connectivity index (χ4n) is 4.55. The van der Waals surface area contributed by atoms with Crippen molar-refractivity contribution < 1.29 is 4.79 Å². The Morgan fingerprint density at radius 2 is 1.93 bits per heavy atom. The largest absolute Gasteiger partial charge is 0.359 e. The predicted octanol–water partition coefficient (Wildman–Crippen LogP) is 3.71. The molecule has 1 fully saturated rings. The van der Waals surface area contributed by atoms with Gasteiger partial charge in [-0.3, -0.25) is 19.7 Å². The maximum atomic E-state index is 13.1. The number of hydrogen-bond acceptors (Lipinski definition) is 4. The van der Waals surface area contributed by atoms with Crippen LogP contribution in [-0.2, 0) is 17.8 Å². The van der Waals surface area contributed by atoms with Gasteiger partial charge in [0.25, 0.3) is 0 Å². The van der Waals surface area contributed by atoms with Crippen LogP contribution in [0.25, 0.3) is 11.1 Å². The molecule has 1 aliphatic heterocycles. The lowest BCUT2D eigenvalue weighted by molar-refractivity contribution is -0.134. The van der Waals surface area contributed by atoms with E-state index < -0.39 is 5.41 Å². The summed E-state index contributed by atoms with van der Waals surface area (Å²) in [5, 5.41) is 2.94. The lowest BCUT2D eigenvalue weighted by atomic mass is 9.74. The maximum absolute atomic E-state index is 13.1. The van der Waals surface area contributed by atoms with Crippen LogP contribution in [0.1, 0.15) is 24.1 Å². The summed E-state index contributed by atoms with van der Waals surface area (Å²) in [5.41, 5.74) is 4.10. The highest BCUT2D eigenvalue weighted by atomic mass is 16.2. The average Bonchev–Trinajstić information content (AvgIpc) is 2.80. The Hall–Kier alpha value is -3.05. The van der Waals surface area contributed by atoms with Crippen LogP contribution in [-0.4, -0.2) is 40.9 Å². The molecule has 1 aromatic carbocycles. The number of piperidine rings is 1. The molecule has 1 atom stereocenters. The normalized spacial score (nSPS) is 19.4. The Balaban J connectivity index is 1.57. The molecule has 0 spiro atoms. The Labute approximate surface area is 178 Å². The Morgan fingerprint density at radius 1 is 1.07 bits per heavy atom. The van der Waals surface area contributed by atoms with Gasteiger partial charge in [-0.05, 0) is 66.8 Å². The van der Waals surface area contributed by atoms with Crippen molar-refractivity contribution in [2.45, 2.75) is 25.8 Å². The first-order valence-corrected chi connectivity index (χ1v) is 10.5. The van der Waals surface area contributed by atoms with Crippen LogP contribution in [0.2, 0.25) is 0 Å². The fourth-order valence-corrected chi connectivity index (χ4v) is 4.55. The van der Waals surface area contributed by atoms with Crippen LogP contribution in [0.3, 0.4) is 0 Å². The molecule has 0 bridgehead atoms. The van der Waals surface area contributed by atoms with Gasteiger partial charge in [-0.1, -0.05) is 30.3 Å². The molecule has 1 N–H and O–H groups in total. The fraction of sp³-hybridized carbons (Fsp3) is 0.320. The number of carbonyl (C=O) groups is 1. The summed E-state index contributed by atoms with van der Waals surface area (Å²) in [5.74, 6) is 0.127. The lowest BCUT2D eigenvalue weighted by Gasteiger charge is -2.41. The predicted molar refractivity (Wildman–Crippen MR) is 119 cm³/mol. The molecule has 4 rings (SSSR count). The summed E-state index contributed by atoms with van der Waals surface area (Å²) in [6, 6.07) is 18.6. The molecule has 5 heteroatoms. The van der Waals surface area contributed by atoms with Crippen LogP contribution in [0.5, 0.6) is 0 Å². The zero-order valence-corrected chi connectivity index (χ0v) is 17.4. The highest BCUT2D eigenvalue weighted by Gasteiger charge is 2.41. The zero-order chi connectivity index (χ0) is 20.8. The number of carbonyl (C=O) groups excluding carboxylic acids is 1. The Bertz CT molecular complexity index is 977. The van der Waals surface area contributed by atoms with Gasteiger partial charge in [0.2, 0.25) is 5.91 Å². The topological polar surface area (TPSA) is 58.1 Å². The minimum atomic E-state index is -0.432. The Morgan fingerprint density at radius 3 is 2.70 bits per heavy atom. The van der Waals surface area contributed by atoms with Crippen molar-refractivity contribution >= 4 is 5.91 Å². The maximum Gasteiger partial charge on any atom is 0.227 e. The van der Waals surface area contributed by atoms with E-state index in [2.05, 4.69) is 44.5 Å². The number of benzene rings is 1. The van der Waals surface area contributed by atoms with Crippen molar-refractivity contribution in [3.8, 4) is 11.1 Å². The number of hydrogen-bond donors (Lipinski definition) is 1. The zero-order valence-electron chi connectivity index (χ0n) is 17.4. The smallest absolute Gasteiger partial charge is 0.227 e. The third kappa shape index (κ3) is 4.57. The van der Waals surface area contributed by atoms with E-state index in [1.807, 2.05) is 48.9 Å². The van der Waals surface area contributed by atoms with Crippen LogP contribution >= 0.6 is 0 Å². The first kappa shape index (κ1) is 20.2. The van der Waals surface area contributed by atoms with Crippen molar-refractivity contribution in [1.29, 1.82) is 0 Å². The second-order valence-electron chi connectivity index (χ2n) is 8.11. The van der Waals surface area contributed by atoms with Gasteiger partial charge in [0.15, 0.2) is 0 Å². The molecular formula is C25H28N4O. The molecule has 30 heavy (non-hydrogen) atoms. The van der Waals surface area contributed by atoms with E-state index in [4.69, 9.17) is 0 Å². The van der Waals surface area contributed by atoms with Crippen molar-refractivity contribution in [3.05, 3.63) is 84.4 Å². The number of aromatic nitrogens is 2. The number of nitrogens with one attached hydrogen (secondary N) is 1. The molecule has 154 valence electrons. The monoisotopic (exact) mass is 400 g/mol. The number of pyridine rings is 2. The molecule has 1 aliphatic rings. The van der Waals surface area contributed by atoms with Crippen molar-refractivity contribution in [2.24, 2.45) is 5.41 Å². The van der Waals surface area contributed by atoms with Crippen molar-refractivity contribution in [2.75, 3.05) is 20.1 Å². The summed E-state index contributed by atoms with van der Waals surface area (Å²) in [6.45, 7) is 2.51. The third-order valence-corrected chi connectivity index (χ3v) is 5.96. The number of rotatable bonds is 6. The van der Waals surface area contributed by atoms with Crippen LogP contribution in [0.15, 0.2) is 73.2 Å². The molecule has 0 saturated carbocycles. The first-order chi connectivity index (χ1) is 14.7. The van der Waals surface area contributed by atoms with Gasteiger partial charge >= 0.3 is 0 Å². The van der Waals surface area contributed by atoms with Gasteiger partial charge in [0, 0.05) is 38.7 Å². The van der Waals surface area contributed by atoms with E-state index in [9.17, 15) is 4.79 Å². The van der Waals surface area contributed by atoms with Crippen LogP contribution < -0.4 is 5.32 Å². The van der Waals surface area contributed by atoms with E-state index in [0.29, 0.717) is 0 Å². The van der Waals surface area contributed by atoms with Gasteiger partial charge < -0.3 is 5.32 Å². The second-order valence-corrected chi connectivity index (χ2v) is 8.11. The summed E-state index contributed by atoms with van der Waals surface area (Å²) >= 11 is 0. The summed E-state index contributed by atoms with van der Waals surface area (Å²) < 4.78 is 0. The molecule has 0 aliphatic carbocycles. The van der Waals surface area contributed by atoms with Gasteiger partial charge in [0.05, 0.1) is 11.1 Å². The summed E-state index contributed by atoms with van der Waals surface area (Å²) in [6.07, 6.45) is 8.07. The molecule has 5 nitrogen and oxygen atoms in total. The molecule has 1 saturated heterocycles. The van der Waals surface area contributed by atoms with Crippen LogP contribution in [0.4, 0.5) is 0 Å². The van der Waals surface area contributed by atoms with Crippen molar-refractivity contribution in [3.63, 3.8) is 0 Å². The quantitative estimate of drug-likeness (QED) is 0.685. The number of likely N-dealkylation sites (tertiary alicyclic amines) is 1. The van der Waals surface area contributed by atoms with E-state index >= 15 is 0 Å². The standard InChI is InChI=1S/C25H28N4O/c1-26-24(30)25(11-5-15-29(19-25)18-23-8-2-3-12-28-23)17-20-6-4-7-22(16-20)21-9-13-27-14-10-21/h2-4,6-10,12-14,16H,5,11,15,17-19H2,1H3,(H,26,30)/t25-/m0/s1. The number of amides is 1. The second kappa shape index (κ2) is 9.18. The van der Waals surface area contributed by atoms with Gasteiger partial charge in [-0.15, -0.1) is 0 Å². The summed E-state index contributed by atoms with van der Waals surface area (Å²) in [7, 11) is 1.75. The molecule has 2 aromatic heterocycles.